The molecule has 2 aromatic rings. The molecule has 0 unspecified atom stereocenters. The first-order chi connectivity index (χ1) is 17.6. The lowest BCUT2D eigenvalue weighted by atomic mass is 10.1. The second-order valence-electron chi connectivity index (χ2n) is 7.52. The van der Waals surface area contributed by atoms with Crippen LogP contribution in [0.1, 0.15) is 67.1 Å². The number of carbonyl (C=O) groups excluding carboxylic acids is 5. The SMILES string of the molecule is CCOC(=O)c1c(NC(=O)COc2cc(C(=O)OC)cc(C(=O)OC)c2)sc(C(=O)N(CC)CC)c1C. The number of anilines is 1. The summed E-state index contributed by atoms with van der Waals surface area (Å²) in [4.78, 5) is 64.2. The Labute approximate surface area is 218 Å². The van der Waals surface area contributed by atoms with Gasteiger partial charge in [-0.1, -0.05) is 0 Å². The van der Waals surface area contributed by atoms with Gasteiger partial charge < -0.3 is 29.2 Å². The van der Waals surface area contributed by atoms with E-state index in [1.807, 2.05) is 13.8 Å². The number of esters is 3. The molecule has 1 heterocycles. The molecule has 0 aliphatic carbocycles. The van der Waals surface area contributed by atoms with Gasteiger partial charge in [0.25, 0.3) is 11.8 Å². The first-order valence-corrected chi connectivity index (χ1v) is 12.3. The van der Waals surface area contributed by atoms with Crippen LogP contribution in [-0.4, -0.2) is 75.1 Å². The molecule has 37 heavy (non-hydrogen) atoms. The molecule has 0 aliphatic heterocycles. The molecule has 2 amide bonds. The third-order valence-corrected chi connectivity index (χ3v) is 6.44. The van der Waals surface area contributed by atoms with Crippen LogP contribution in [0.4, 0.5) is 5.00 Å². The average molecular weight is 535 g/mol. The predicted octanol–water partition coefficient (Wildman–Crippen LogP) is 3.31. The van der Waals surface area contributed by atoms with Crippen molar-refractivity contribution in [3.8, 4) is 5.75 Å². The largest absolute Gasteiger partial charge is 0.484 e. The Morgan fingerprint density at radius 3 is 1.95 bits per heavy atom. The van der Waals surface area contributed by atoms with E-state index in [4.69, 9.17) is 9.47 Å². The predicted molar refractivity (Wildman–Crippen MR) is 136 cm³/mol. The molecule has 1 aromatic carbocycles. The number of benzene rings is 1. The van der Waals surface area contributed by atoms with Gasteiger partial charge in [0.15, 0.2) is 6.61 Å². The van der Waals surface area contributed by atoms with Gasteiger partial charge in [-0.3, -0.25) is 9.59 Å². The number of rotatable bonds is 11. The van der Waals surface area contributed by atoms with Crippen molar-refractivity contribution in [2.45, 2.75) is 27.7 Å². The Balaban J connectivity index is 2.31. The Morgan fingerprint density at radius 2 is 1.46 bits per heavy atom. The molecule has 0 aliphatic rings. The van der Waals surface area contributed by atoms with Crippen molar-refractivity contribution in [1.82, 2.24) is 4.90 Å². The summed E-state index contributed by atoms with van der Waals surface area (Å²) in [5, 5.41) is 2.76. The van der Waals surface area contributed by atoms with Crippen LogP contribution in [0.2, 0.25) is 0 Å². The van der Waals surface area contributed by atoms with E-state index in [9.17, 15) is 24.0 Å². The van der Waals surface area contributed by atoms with Gasteiger partial charge >= 0.3 is 17.9 Å². The van der Waals surface area contributed by atoms with Crippen molar-refractivity contribution in [2.24, 2.45) is 0 Å². The molecule has 0 bridgehead atoms. The number of methoxy groups -OCH3 is 2. The number of thiophene rings is 1. The van der Waals surface area contributed by atoms with Gasteiger partial charge in [-0.25, -0.2) is 14.4 Å². The topological polar surface area (TPSA) is 138 Å². The number of hydrogen-bond acceptors (Lipinski definition) is 10. The molecular weight excluding hydrogens is 504 g/mol. The van der Waals surface area contributed by atoms with Crippen LogP contribution in [0, 0.1) is 6.92 Å². The van der Waals surface area contributed by atoms with Crippen molar-refractivity contribution in [1.29, 1.82) is 0 Å². The zero-order valence-electron chi connectivity index (χ0n) is 21.6. The standard InChI is InChI=1S/C25H30N2O9S/c1-7-27(8-2)22(29)20-14(4)19(25(32)35-9-3)21(37-20)26-18(28)13-36-17-11-15(23(30)33-5)10-16(12-17)24(31)34-6/h10-12H,7-9,13H2,1-6H3,(H,26,28). The maximum Gasteiger partial charge on any atom is 0.341 e. The van der Waals surface area contributed by atoms with E-state index < -0.39 is 30.4 Å². The lowest BCUT2D eigenvalue weighted by molar-refractivity contribution is -0.118. The fourth-order valence-electron chi connectivity index (χ4n) is 3.37. The van der Waals surface area contributed by atoms with Crippen LogP contribution >= 0.6 is 11.3 Å². The van der Waals surface area contributed by atoms with Gasteiger partial charge in [0.1, 0.15) is 10.8 Å². The maximum atomic E-state index is 13.0. The Hall–Kier alpha value is -3.93. The van der Waals surface area contributed by atoms with Crippen LogP contribution < -0.4 is 10.1 Å². The molecule has 200 valence electrons. The van der Waals surface area contributed by atoms with E-state index in [2.05, 4.69) is 14.8 Å². The van der Waals surface area contributed by atoms with Crippen molar-refractivity contribution in [2.75, 3.05) is 45.8 Å². The minimum absolute atomic E-state index is 0.0267. The van der Waals surface area contributed by atoms with E-state index in [0.717, 1.165) is 11.3 Å². The van der Waals surface area contributed by atoms with Crippen molar-refractivity contribution < 1.29 is 42.9 Å². The summed E-state index contributed by atoms with van der Waals surface area (Å²) in [5.41, 5.74) is 0.555. The second kappa shape index (κ2) is 13.4. The van der Waals surface area contributed by atoms with Gasteiger partial charge in [0, 0.05) is 13.1 Å². The van der Waals surface area contributed by atoms with E-state index in [-0.39, 0.29) is 40.0 Å². The smallest absolute Gasteiger partial charge is 0.341 e. The molecule has 0 saturated carbocycles. The van der Waals surface area contributed by atoms with Crippen LogP contribution in [0.5, 0.6) is 5.75 Å². The molecule has 2 rings (SSSR count). The van der Waals surface area contributed by atoms with E-state index in [0.29, 0.717) is 23.5 Å². The van der Waals surface area contributed by atoms with E-state index in [1.54, 1.807) is 18.7 Å². The van der Waals surface area contributed by atoms with Gasteiger partial charge in [-0.05, 0) is 51.5 Å². The minimum atomic E-state index is -0.710. The number of amides is 2. The Morgan fingerprint density at radius 1 is 0.892 bits per heavy atom. The maximum absolute atomic E-state index is 13.0. The highest BCUT2D eigenvalue weighted by atomic mass is 32.1. The quantitative estimate of drug-likeness (QED) is 0.340. The molecule has 0 fully saturated rings. The average Bonchev–Trinajstić information content (AvgIpc) is 3.22. The van der Waals surface area contributed by atoms with Gasteiger partial charge in [-0.15, -0.1) is 11.3 Å². The van der Waals surface area contributed by atoms with Crippen LogP contribution in [-0.2, 0) is 19.0 Å². The number of carbonyl (C=O) groups is 5. The normalized spacial score (nSPS) is 10.3. The van der Waals surface area contributed by atoms with Gasteiger partial charge in [0.2, 0.25) is 0 Å². The zero-order valence-corrected chi connectivity index (χ0v) is 22.4. The van der Waals surface area contributed by atoms with Gasteiger partial charge in [-0.2, -0.15) is 0 Å². The fraction of sp³-hybridized carbons (Fsp3) is 0.400. The van der Waals surface area contributed by atoms with Crippen molar-refractivity contribution in [3.63, 3.8) is 0 Å². The first kappa shape index (κ1) is 29.3. The number of nitrogens with zero attached hydrogens (tertiary/aromatic N) is 1. The summed E-state index contributed by atoms with van der Waals surface area (Å²) in [7, 11) is 2.37. The molecule has 12 heteroatoms. The third-order valence-electron chi connectivity index (χ3n) is 5.24. The zero-order chi connectivity index (χ0) is 27.7. The molecule has 0 atom stereocenters. The molecule has 1 N–H and O–H groups in total. The third kappa shape index (κ3) is 7.06. The first-order valence-electron chi connectivity index (χ1n) is 11.5. The number of ether oxygens (including phenoxy) is 4. The molecular formula is C25H30N2O9S. The monoisotopic (exact) mass is 534 g/mol. The highest BCUT2D eigenvalue weighted by Crippen LogP contribution is 2.34. The summed E-state index contributed by atoms with van der Waals surface area (Å²) in [5.74, 6) is -2.94. The van der Waals surface area contributed by atoms with Crippen LogP contribution in [0.25, 0.3) is 0 Å². The lowest BCUT2D eigenvalue weighted by Crippen LogP contribution is -2.30. The second-order valence-corrected chi connectivity index (χ2v) is 8.54. The molecule has 11 nitrogen and oxygen atoms in total. The summed E-state index contributed by atoms with van der Waals surface area (Å²) in [6.07, 6.45) is 0. The molecule has 0 saturated heterocycles. The summed E-state index contributed by atoms with van der Waals surface area (Å²) in [6.45, 7) is 7.52. The highest BCUT2D eigenvalue weighted by molar-refractivity contribution is 7.18. The Kier molecular flexibility index (Phi) is 10.6. The molecule has 1 aromatic heterocycles. The molecule has 0 spiro atoms. The van der Waals surface area contributed by atoms with Crippen LogP contribution in [0.3, 0.4) is 0 Å². The molecule has 0 radical (unpaired) electrons. The minimum Gasteiger partial charge on any atom is -0.484 e. The van der Waals surface area contributed by atoms with Crippen LogP contribution in [0.15, 0.2) is 18.2 Å². The van der Waals surface area contributed by atoms with Crippen molar-refractivity contribution in [3.05, 3.63) is 45.3 Å². The summed E-state index contributed by atoms with van der Waals surface area (Å²) >= 11 is 0.974. The fourth-order valence-corrected chi connectivity index (χ4v) is 4.55. The summed E-state index contributed by atoms with van der Waals surface area (Å²) in [6, 6.07) is 3.90. The number of hydrogen-bond donors (Lipinski definition) is 1. The lowest BCUT2D eigenvalue weighted by Gasteiger charge is -2.18. The highest BCUT2D eigenvalue weighted by Gasteiger charge is 2.28. The van der Waals surface area contributed by atoms with E-state index in [1.165, 1.54) is 32.4 Å². The van der Waals surface area contributed by atoms with E-state index >= 15 is 0 Å². The summed E-state index contributed by atoms with van der Waals surface area (Å²) < 4.78 is 20.0. The van der Waals surface area contributed by atoms with Gasteiger partial charge in [0.05, 0.1) is 42.4 Å². The Bertz CT molecular complexity index is 1150. The van der Waals surface area contributed by atoms with Crippen molar-refractivity contribution >= 4 is 46.1 Å². The number of nitrogens with one attached hydrogen (secondary N) is 1.